The molecule has 1 fully saturated rings. The fourth-order valence-electron chi connectivity index (χ4n) is 5.93. The Morgan fingerprint density at radius 2 is 1.10 bits per heavy atom. The minimum atomic E-state index is -0.747. The van der Waals surface area contributed by atoms with Gasteiger partial charge in [-0.1, -0.05) is 106 Å². The average Bonchev–Trinajstić information content (AvgIpc) is 3.08. The molecule has 0 N–H and O–H groups in total. The van der Waals surface area contributed by atoms with Gasteiger partial charge in [-0.15, -0.1) is 0 Å². The van der Waals surface area contributed by atoms with Crippen LogP contribution in [-0.2, 0) is 24.7 Å². The molecule has 0 spiro atoms. The number of halogens is 2. The number of anilines is 1. The highest BCUT2D eigenvalue weighted by Crippen LogP contribution is 2.70. The van der Waals surface area contributed by atoms with Crippen LogP contribution in [0.4, 0.5) is 5.69 Å². The first-order valence-electron chi connectivity index (χ1n) is 10.5. The summed E-state index contributed by atoms with van der Waals surface area (Å²) in [5.74, 6) is -1.34. The summed E-state index contributed by atoms with van der Waals surface area (Å²) in [4.78, 5) is 29.5. The van der Waals surface area contributed by atoms with Gasteiger partial charge in [-0.05, 0) is 40.3 Å². The van der Waals surface area contributed by atoms with Crippen LogP contribution in [0.15, 0.2) is 72.8 Å². The second kappa shape index (κ2) is 6.39. The molecule has 5 heteroatoms. The van der Waals surface area contributed by atoms with E-state index in [-0.39, 0.29) is 11.8 Å². The largest absolute Gasteiger partial charge is 0.274 e. The Morgan fingerprint density at radius 3 is 1.52 bits per heavy atom. The van der Waals surface area contributed by atoms with Crippen molar-refractivity contribution in [1.82, 2.24) is 0 Å². The first-order chi connectivity index (χ1) is 15.0. The lowest BCUT2D eigenvalue weighted by molar-refractivity contribution is -0.122. The third kappa shape index (κ3) is 2.14. The molecule has 3 aromatic carbocycles. The van der Waals surface area contributed by atoms with E-state index in [1.807, 2.05) is 55.5 Å². The van der Waals surface area contributed by atoms with Gasteiger partial charge in [0, 0.05) is 0 Å². The number of alkyl halides is 2. The Hall–Kier alpha value is -2.24. The molecule has 31 heavy (non-hydrogen) atoms. The van der Waals surface area contributed by atoms with Crippen molar-refractivity contribution in [3.63, 3.8) is 0 Å². The average molecular weight is 537 g/mol. The number of hydrogen-bond acceptors (Lipinski definition) is 2. The van der Waals surface area contributed by atoms with Crippen molar-refractivity contribution in [1.29, 1.82) is 0 Å². The van der Waals surface area contributed by atoms with Gasteiger partial charge in [0.15, 0.2) is 0 Å². The topological polar surface area (TPSA) is 37.4 Å². The van der Waals surface area contributed by atoms with E-state index in [1.54, 1.807) is 0 Å². The molecule has 1 heterocycles. The van der Waals surface area contributed by atoms with Crippen molar-refractivity contribution in [2.24, 2.45) is 11.8 Å². The van der Waals surface area contributed by atoms with Crippen molar-refractivity contribution in [2.45, 2.75) is 22.0 Å². The van der Waals surface area contributed by atoms with E-state index >= 15 is 0 Å². The normalized spacial score (nSPS) is 30.2. The van der Waals surface area contributed by atoms with Crippen LogP contribution in [0.3, 0.4) is 0 Å². The van der Waals surface area contributed by atoms with Gasteiger partial charge in [0.1, 0.15) is 0 Å². The SMILES string of the molecule is CCc1ccccc1N1C(=O)[C@@H]2[C@@H](C1=O)C1(Br)c3ccccc3C2(Br)c2ccccc21. The number of aryl methyl sites for hydroxylation is 1. The summed E-state index contributed by atoms with van der Waals surface area (Å²) in [6.45, 7) is 2.05. The fourth-order valence-corrected chi connectivity index (χ4v) is 8.24. The molecule has 0 aromatic heterocycles. The van der Waals surface area contributed by atoms with Crippen LogP contribution >= 0.6 is 31.9 Å². The molecule has 2 atom stereocenters. The van der Waals surface area contributed by atoms with Gasteiger partial charge in [-0.25, -0.2) is 4.90 Å². The molecule has 0 saturated carbocycles. The van der Waals surface area contributed by atoms with E-state index in [2.05, 4.69) is 56.1 Å². The maximum atomic E-state index is 14.0. The first-order valence-corrected chi connectivity index (χ1v) is 12.1. The Labute approximate surface area is 197 Å². The highest BCUT2D eigenvalue weighted by molar-refractivity contribution is 9.10. The van der Waals surface area contributed by atoms with Crippen LogP contribution in [0.5, 0.6) is 0 Å². The lowest BCUT2D eigenvalue weighted by atomic mass is 9.54. The summed E-state index contributed by atoms with van der Waals surface area (Å²) >= 11 is 8.09. The summed E-state index contributed by atoms with van der Waals surface area (Å²) in [5, 5.41) is 0. The maximum Gasteiger partial charge on any atom is 0.239 e. The number of rotatable bonds is 2. The molecule has 4 aliphatic rings. The maximum absolute atomic E-state index is 14.0. The van der Waals surface area contributed by atoms with E-state index in [0.717, 1.165) is 34.2 Å². The van der Waals surface area contributed by atoms with Gasteiger partial charge in [0.25, 0.3) is 0 Å². The summed E-state index contributed by atoms with van der Waals surface area (Å²) in [6, 6.07) is 24.0. The molecule has 3 aliphatic carbocycles. The number of hydrogen-bond donors (Lipinski definition) is 0. The van der Waals surface area contributed by atoms with Crippen LogP contribution < -0.4 is 4.90 Å². The molecule has 3 aromatic rings. The van der Waals surface area contributed by atoms with E-state index in [1.165, 1.54) is 4.90 Å². The summed E-state index contributed by atoms with van der Waals surface area (Å²) in [7, 11) is 0. The van der Waals surface area contributed by atoms with Crippen LogP contribution in [-0.4, -0.2) is 11.8 Å². The molecule has 3 nitrogen and oxygen atoms in total. The highest BCUT2D eigenvalue weighted by atomic mass is 79.9. The van der Waals surface area contributed by atoms with Crippen molar-refractivity contribution in [2.75, 3.05) is 4.90 Å². The Bertz CT molecular complexity index is 1160. The minimum absolute atomic E-state index is 0.138. The van der Waals surface area contributed by atoms with Crippen LogP contribution in [0, 0.1) is 11.8 Å². The predicted molar refractivity (Wildman–Crippen MR) is 128 cm³/mol. The smallest absolute Gasteiger partial charge is 0.239 e. The predicted octanol–water partition coefficient (Wildman–Crippen LogP) is 5.66. The molecule has 7 rings (SSSR count). The lowest BCUT2D eigenvalue weighted by Crippen LogP contribution is -2.56. The van der Waals surface area contributed by atoms with Gasteiger partial charge in [-0.2, -0.15) is 0 Å². The van der Waals surface area contributed by atoms with Crippen molar-refractivity contribution in [3.05, 3.63) is 101 Å². The number of carbonyl (C=O) groups is 2. The second-order valence-electron chi connectivity index (χ2n) is 8.46. The number of benzene rings is 3. The summed E-state index contributed by atoms with van der Waals surface area (Å²) in [6.07, 6.45) is 0.752. The minimum Gasteiger partial charge on any atom is -0.274 e. The van der Waals surface area contributed by atoms with Gasteiger partial charge in [0.05, 0.1) is 26.2 Å². The van der Waals surface area contributed by atoms with E-state index in [4.69, 9.17) is 0 Å². The number of amides is 2. The zero-order chi connectivity index (χ0) is 21.5. The third-order valence-electron chi connectivity index (χ3n) is 7.20. The molecular weight excluding hydrogens is 518 g/mol. The molecule has 0 radical (unpaired) electrons. The first kappa shape index (κ1) is 19.4. The molecule has 2 bridgehead atoms. The second-order valence-corrected chi connectivity index (χ2v) is 11.0. The van der Waals surface area contributed by atoms with Crippen LogP contribution in [0.25, 0.3) is 0 Å². The van der Waals surface area contributed by atoms with Crippen LogP contribution in [0.2, 0.25) is 0 Å². The highest BCUT2D eigenvalue weighted by Gasteiger charge is 2.72. The Morgan fingerprint density at radius 1 is 0.710 bits per heavy atom. The van der Waals surface area contributed by atoms with Gasteiger partial charge in [0.2, 0.25) is 11.8 Å². The van der Waals surface area contributed by atoms with Gasteiger partial charge >= 0.3 is 0 Å². The van der Waals surface area contributed by atoms with Crippen molar-refractivity contribution in [3.8, 4) is 0 Å². The zero-order valence-corrected chi connectivity index (χ0v) is 20.0. The number of carbonyl (C=O) groups excluding carboxylic acids is 2. The standard InChI is InChI=1S/C26H19Br2NO2/c1-2-15-9-3-8-14-20(15)29-23(30)21-22(24(29)31)26(28)17-11-5-4-10-16(17)25(21,27)18-12-6-7-13-19(18)26/h3-14,21-22H,2H2,1H3/t21-,22-,25?,26?/m0/s1. The van der Waals surface area contributed by atoms with Crippen molar-refractivity contribution >= 4 is 49.4 Å². The summed E-state index contributed by atoms with van der Waals surface area (Å²) < 4.78 is -1.49. The Balaban J connectivity index is 1.66. The van der Waals surface area contributed by atoms with Crippen LogP contribution in [0.1, 0.15) is 34.7 Å². The quantitative estimate of drug-likeness (QED) is 0.313. The van der Waals surface area contributed by atoms with Gasteiger partial charge < -0.3 is 0 Å². The molecule has 0 unspecified atom stereocenters. The summed E-state index contributed by atoms with van der Waals surface area (Å²) in [5.41, 5.74) is 5.92. The van der Waals surface area contributed by atoms with E-state index < -0.39 is 20.5 Å². The fraction of sp³-hybridized carbons (Fsp3) is 0.231. The monoisotopic (exact) mass is 535 g/mol. The van der Waals surface area contributed by atoms with Crippen molar-refractivity contribution < 1.29 is 9.59 Å². The molecule has 1 aliphatic heterocycles. The number of para-hydroxylation sites is 1. The Kier molecular flexibility index (Phi) is 4.01. The molecule has 1 saturated heterocycles. The molecule has 2 amide bonds. The molecular formula is C26H19Br2NO2. The van der Waals surface area contributed by atoms with Gasteiger partial charge in [-0.3, -0.25) is 9.59 Å². The van der Waals surface area contributed by atoms with E-state index in [0.29, 0.717) is 5.69 Å². The number of nitrogens with zero attached hydrogens (tertiary/aromatic N) is 1. The lowest BCUT2D eigenvalue weighted by Gasteiger charge is -2.55. The zero-order valence-electron chi connectivity index (χ0n) is 16.8. The molecule has 154 valence electrons. The van der Waals surface area contributed by atoms with E-state index in [9.17, 15) is 9.59 Å². The third-order valence-corrected chi connectivity index (χ3v) is 9.89. The number of imide groups is 1.